The number of nitrogens with zero attached hydrogens (tertiary/aromatic N) is 1. The molecule has 0 aliphatic carbocycles. The summed E-state index contributed by atoms with van der Waals surface area (Å²) in [7, 11) is 0. The van der Waals surface area contributed by atoms with Gasteiger partial charge in [0, 0.05) is 16.3 Å². The molecule has 0 saturated heterocycles. The van der Waals surface area contributed by atoms with E-state index in [1.54, 1.807) is 31.2 Å². The average molecular weight is 396 g/mol. The van der Waals surface area contributed by atoms with Crippen molar-refractivity contribution in [3.8, 4) is 11.4 Å². The van der Waals surface area contributed by atoms with Crippen LogP contribution in [0.2, 0.25) is 5.02 Å². The fourth-order valence-electron chi connectivity index (χ4n) is 2.81. The van der Waals surface area contributed by atoms with Gasteiger partial charge in [0.25, 0.3) is 11.5 Å². The minimum Gasteiger partial charge on any atom is -0.321 e. The van der Waals surface area contributed by atoms with E-state index >= 15 is 0 Å². The molecule has 0 radical (unpaired) electrons. The maximum Gasteiger partial charge on any atom is 0.266 e. The zero-order valence-corrected chi connectivity index (χ0v) is 15.8. The van der Waals surface area contributed by atoms with E-state index in [0.29, 0.717) is 37.2 Å². The number of halogens is 1. The lowest BCUT2D eigenvalue weighted by Crippen LogP contribution is -2.12. The van der Waals surface area contributed by atoms with Crippen LogP contribution in [0.25, 0.3) is 21.6 Å². The predicted molar refractivity (Wildman–Crippen MR) is 110 cm³/mol. The van der Waals surface area contributed by atoms with Crippen molar-refractivity contribution >= 4 is 44.7 Å². The Morgan fingerprint density at radius 2 is 1.81 bits per heavy atom. The van der Waals surface area contributed by atoms with Gasteiger partial charge >= 0.3 is 0 Å². The first-order valence-corrected chi connectivity index (χ1v) is 9.38. The second-order valence-electron chi connectivity index (χ2n) is 5.98. The van der Waals surface area contributed by atoms with Gasteiger partial charge in [-0.1, -0.05) is 29.8 Å². The van der Waals surface area contributed by atoms with Gasteiger partial charge in [-0.15, -0.1) is 11.3 Å². The number of aromatic amines is 1. The minimum atomic E-state index is -0.266. The Kier molecular flexibility index (Phi) is 4.51. The third-order valence-corrected chi connectivity index (χ3v) is 5.59. The Hall–Kier alpha value is -2.96. The van der Waals surface area contributed by atoms with Gasteiger partial charge in [0.05, 0.1) is 10.3 Å². The number of carbonyl (C=O) groups is 1. The van der Waals surface area contributed by atoms with Crippen molar-refractivity contribution in [1.29, 1.82) is 0 Å². The first kappa shape index (κ1) is 17.5. The molecule has 0 saturated carbocycles. The van der Waals surface area contributed by atoms with Gasteiger partial charge in [-0.25, -0.2) is 4.98 Å². The monoisotopic (exact) mass is 395 g/mol. The highest BCUT2D eigenvalue weighted by Gasteiger charge is 2.19. The Balaban J connectivity index is 1.77. The lowest BCUT2D eigenvalue weighted by atomic mass is 10.2. The zero-order chi connectivity index (χ0) is 19.0. The van der Waals surface area contributed by atoms with Gasteiger partial charge in [0.1, 0.15) is 10.7 Å². The molecule has 4 rings (SSSR count). The SMILES string of the molecule is Cc1c(C(=O)Nc2ccccc2)sc2nc(-c3ccc(Cl)cc3)[nH]c(=O)c12. The van der Waals surface area contributed by atoms with E-state index in [2.05, 4.69) is 15.3 Å². The van der Waals surface area contributed by atoms with Crippen LogP contribution >= 0.6 is 22.9 Å². The first-order chi connectivity index (χ1) is 13.0. The molecule has 1 amide bonds. The topological polar surface area (TPSA) is 74.8 Å². The van der Waals surface area contributed by atoms with Crippen LogP contribution in [0.1, 0.15) is 15.2 Å². The second-order valence-corrected chi connectivity index (χ2v) is 7.41. The summed E-state index contributed by atoms with van der Waals surface area (Å²) in [6, 6.07) is 16.2. The largest absolute Gasteiger partial charge is 0.321 e. The van der Waals surface area contributed by atoms with E-state index in [1.165, 1.54) is 11.3 Å². The first-order valence-electron chi connectivity index (χ1n) is 8.18. The summed E-state index contributed by atoms with van der Waals surface area (Å²) in [4.78, 5) is 33.6. The van der Waals surface area contributed by atoms with Gasteiger partial charge < -0.3 is 10.3 Å². The van der Waals surface area contributed by atoms with Crippen LogP contribution in [-0.2, 0) is 0 Å². The van der Waals surface area contributed by atoms with Crippen LogP contribution in [0, 0.1) is 6.92 Å². The molecule has 2 heterocycles. The summed E-state index contributed by atoms with van der Waals surface area (Å²) in [5.74, 6) is 0.189. The van der Waals surface area contributed by atoms with E-state index in [0.717, 1.165) is 5.56 Å². The van der Waals surface area contributed by atoms with Crippen LogP contribution in [0.3, 0.4) is 0 Å². The number of carbonyl (C=O) groups excluding carboxylic acids is 1. The standard InChI is InChI=1S/C20H14ClN3O2S/c1-11-15-18(25)23-17(12-7-9-13(21)10-8-12)24-20(15)27-16(11)19(26)22-14-5-3-2-4-6-14/h2-10H,1H3,(H,22,26)(H,23,24,25). The Morgan fingerprint density at radius 3 is 2.52 bits per heavy atom. The van der Waals surface area contributed by atoms with Crippen LogP contribution in [-0.4, -0.2) is 15.9 Å². The van der Waals surface area contributed by atoms with Crippen molar-refractivity contribution in [3.05, 3.63) is 80.4 Å². The van der Waals surface area contributed by atoms with Crippen molar-refractivity contribution in [2.24, 2.45) is 0 Å². The van der Waals surface area contributed by atoms with Gasteiger partial charge in [0.2, 0.25) is 0 Å². The number of para-hydroxylation sites is 1. The Bertz CT molecular complexity index is 1200. The third kappa shape index (κ3) is 3.37. The van der Waals surface area contributed by atoms with Crippen LogP contribution in [0.4, 0.5) is 5.69 Å². The summed E-state index contributed by atoms with van der Waals surface area (Å²) in [6.45, 7) is 1.76. The number of aromatic nitrogens is 2. The van der Waals surface area contributed by atoms with Crippen LogP contribution in [0.15, 0.2) is 59.4 Å². The predicted octanol–water partition coefficient (Wildman–Crippen LogP) is 4.87. The van der Waals surface area contributed by atoms with Crippen molar-refractivity contribution in [2.45, 2.75) is 6.92 Å². The van der Waals surface area contributed by atoms with E-state index in [-0.39, 0.29) is 11.5 Å². The molecule has 0 unspecified atom stereocenters. The number of thiophene rings is 1. The minimum absolute atomic E-state index is 0.255. The molecule has 0 aliphatic rings. The number of aryl methyl sites for hydroxylation is 1. The summed E-state index contributed by atoms with van der Waals surface area (Å²) >= 11 is 7.12. The smallest absolute Gasteiger partial charge is 0.266 e. The molecular formula is C20H14ClN3O2S. The second kappa shape index (κ2) is 6.98. The molecular weight excluding hydrogens is 382 g/mol. The summed E-state index contributed by atoms with van der Waals surface area (Å²) in [6.07, 6.45) is 0. The van der Waals surface area contributed by atoms with Gasteiger partial charge in [0.15, 0.2) is 0 Å². The van der Waals surface area contributed by atoms with Gasteiger partial charge in [-0.2, -0.15) is 0 Å². The molecule has 4 aromatic rings. The van der Waals surface area contributed by atoms with Crippen molar-refractivity contribution in [3.63, 3.8) is 0 Å². The third-order valence-electron chi connectivity index (χ3n) is 4.16. The fourth-order valence-corrected chi connectivity index (χ4v) is 4.02. The number of H-pyrrole nitrogens is 1. The number of rotatable bonds is 3. The molecule has 0 bridgehead atoms. The molecule has 2 aromatic carbocycles. The average Bonchev–Trinajstić information content (AvgIpc) is 3.00. The lowest BCUT2D eigenvalue weighted by molar-refractivity contribution is 0.103. The highest BCUT2D eigenvalue weighted by molar-refractivity contribution is 7.20. The zero-order valence-electron chi connectivity index (χ0n) is 14.2. The fraction of sp³-hybridized carbons (Fsp3) is 0.0500. The van der Waals surface area contributed by atoms with Crippen molar-refractivity contribution in [2.75, 3.05) is 5.32 Å². The Morgan fingerprint density at radius 1 is 1.11 bits per heavy atom. The molecule has 27 heavy (non-hydrogen) atoms. The molecule has 0 aliphatic heterocycles. The quantitative estimate of drug-likeness (QED) is 0.519. The molecule has 2 N–H and O–H groups in total. The van der Waals surface area contributed by atoms with E-state index in [9.17, 15) is 9.59 Å². The van der Waals surface area contributed by atoms with Crippen LogP contribution < -0.4 is 10.9 Å². The molecule has 0 spiro atoms. The van der Waals surface area contributed by atoms with Gasteiger partial charge in [-0.3, -0.25) is 9.59 Å². The number of hydrogen-bond acceptors (Lipinski definition) is 4. The number of anilines is 1. The lowest BCUT2D eigenvalue weighted by Gasteiger charge is -2.03. The van der Waals surface area contributed by atoms with Gasteiger partial charge in [-0.05, 0) is 48.9 Å². The van der Waals surface area contributed by atoms with Crippen molar-refractivity contribution < 1.29 is 4.79 Å². The molecule has 134 valence electrons. The Labute approximate surface area is 163 Å². The number of amides is 1. The van der Waals surface area contributed by atoms with E-state index < -0.39 is 0 Å². The normalized spacial score (nSPS) is 10.9. The number of hydrogen-bond donors (Lipinski definition) is 2. The molecule has 7 heteroatoms. The summed E-state index contributed by atoms with van der Waals surface area (Å²) < 4.78 is 0. The number of fused-ring (bicyclic) bond motifs is 1. The van der Waals surface area contributed by atoms with Crippen molar-refractivity contribution in [1.82, 2.24) is 9.97 Å². The van der Waals surface area contributed by atoms with E-state index in [1.807, 2.05) is 30.3 Å². The molecule has 5 nitrogen and oxygen atoms in total. The highest BCUT2D eigenvalue weighted by atomic mass is 35.5. The number of benzene rings is 2. The summed E-state index contributed by atoms with van der Waals surface area (Å²) in [5.41, 5.74) is 1.81. The van der Waals surface area contributed by atoms with E-state index in [4.69, 9.17) is 11.6 Å². The molecule has 0 atom stereocenters. The molecule has 0 fully saturated rings. The highest BCUT2D eigenvalue weighted by Crippen LogP contribution is 2.29. The maximum atomic E-state index is 12.7. The summed E-state index contributed by atoms with van der Waals surface area (Å²) in [5, 5.41) is 3.90. The maximum absolute atomic E-state index is 12.7. The number of nitrogens with one attached hydrogen (secondary N) is 2. The van der Waals surface area contributed by atoms with Crippen LogP contribution in [0.5, 0.6) is 0 Å². The molecule has 2 aromatic heterocycles.